The van der Waals surface area contributed by atoms with Gasteiger partial charge in [0.25, 0.3) is 0 Å². The molecule has 0 atom stereocenters. The highest BCUT2D eigenvalue weighted by atomic mass is 79.9. The summed E-state index contributed by atoms with van der Waals surface area (Å²) in [5, 5.41) is 21.9. The maximum atomic E-state index is 9.80. The molecule has 1 aromatic carbocycles. The van der Waals surface area contributed by atoms with Crippen LogP contribution in [-0.4, -0.2) is 22.6 Å². The standard InChI is InChI=1S/C10H11BrN2O3/c11-8-9(14)5(4-12)3-6-7(13-15)1-2-16-10(6)8/h3,14-15H,1-2,4,12H2. The maximum Gasteiger partial charge on any atom is 0.146 e. The predicted molar refractivity (Wildman–Crippen MR) is 62.1 cm³/mol. The lowest BCUT2D eigenvalue weighted by molar-refractivity contribution is 0.295. The summed E-state index contributed by atoms with van der Waals surface area (Å²) in [4.78, 5) is 0. The molecule has 0 radical (unpaired) electrons. The van der Waals surface area contributed by atoms with Crippen molar-refractivity contribution < 1.29 is 15.1 Å². The Morgan fingerprint density at radius 1 is 1.56 bits per heavy atom. The van der Waals surface area contributed by atoms with Crippen molar-refractivity contribution in [3.05, 3.63) is 21.7 Å². The Morgan fingerprint density at radius 2 is 2.31 bits per heavy atom. The smallest absolute Gasteiger partial charge is 0.146 e. The van der Waals surface area contributed by atoms with Crippen LogP contribution in [0.5, 0.6) is 11.5 Å². The highest BCUT2D eigenvalue weighted by Crippen LogP contribution is 2.41. The number of hydrogen-bond acceptors (Lipinski definition) is 5. The van der Waals surface area contributed by atoms with Crippen LogP contribution in [0.25, 0.3) is 0 Å². The third-order valence-corrected chi connectivity index (χ3v) is 3.25. The van der Waals surface area contributed by atoms with Crippen molar-refractivity contribution in [2.45, 2.75) is 13.0 Å². The average molecular weight is 287 g/mol. The minimum atomic E-state index is 0.0699. The quantitative estimate of drug-likeness (QED) is 0.540. The van der Waals surface area contributed by atoms with Gasteiger partial charge < -0.3 is 20.8 Å². The summed E-state index contributed by atoms with van der Waals surface area (Å²) in [5.41, 5.74) is 7.30. The minimum absolute atomic E-state index is 0.0699. The first-order valence-corrected chi connectivity index (χ1v) is 5.56. The van der Waals surface area contributed by atoms with E-state index in [1.165, 1.54) is 0 Å². The molecule has 0 amide bonds. The van der Waals surface area contributed by atoms with Gasteiger partial charge in [0.1, 0.15) is 16.0 Å². The molecule has 0 fully saturated rings. The largest absolute Gasteiger partial charge is 0.506 e. The molecular weight excluding hydrogens is 276 g/mol. The zero-order valence-electron chi connectivity index (χ0n) is 8.40. The monoisotopic (exact) mass is 286 g/mol. The van der Waals surface area contributed by atoms with Gasteiger partial charge in [-0.2, -0.15) is 0 Å². The third kappa shape index (κ3) is 1.64. The van der Waals surface area contributed by atoms with Crippen molar-refractivity contribution >= 4 is 21.6 Å². The summed E-state index contributed by atoms with van der Waals surface area (Å²) in [6, 6.07) is 1.68. The van der Waals surface area contributed by atoms with E-state index < -0.39 is 0 Å². The van der Waals surface area contributed by atoms with E-state index in [2.05, 4.69) is 21.1 Å². The van der Waals surface area contributed by atoms with Crippen LogP contribution in [0.1, 0.15) is 17.5 Å². The highest BCUT2D eigenvalue weighted by Gasteiger charge is 2.23. The van der Waals surface area contributed by atoms with Crippen molar-refractivity contribution in [2.24, 2.45) is 10.9 Å². The number of oxime groups is 1. The molecule has 0 unspecified atom stereocenters. The zero-order valence-corrected chi connectivity index (χ0v) is 9.99. The molecule has 1 aliphatic rings. The lowest BCUT2D eigenvalue weighted by atomic mass is 10.0. The maximum absolute atomic E-state index is 9.80. The number of rotatable bonds is 1. The molecule has 1 aliphatic heterocycles. The molecule has 5 nitrogen and oxygen atoms in total. The molecule has 0 spiro atoms. The molecular formula is C10H11BrN2O3. The first kappa shape index (κ1) is 11.2. The Morgan fingerprint density at radius 3 is 2.94 bits per heavy atom. The van der Waals surface area contributed by atoms with E-state index in [1.807, 2.05) is 0 Å². The second-order valence-electron chi connectivity index (χ2n) is 3.42. The summed E-state index contributed by atoms with van der Waals surface area (Å²) in [6.45, 7) is 0.628. The number of fused-ring (bicyclic) bond motifs is 1. The first-order valence-electron chi connectivity index (χ1n) is 4.77. The van der Waals surface area contributed by atoms with Crippen LogP contribution in [0.3, 0.4) is 0 Å². The first-order chi connectivity index (χ1) is 7.69. The summed E-state index contributed by atoms with van der Waals surface area (Å²) in [5.74, 6) is 0.564. The Kier molecular flexibility index (Phi) is 3.02. The molecule has 0 saturated heterocycles. The van der Waals surface area contributed by atoms with Crippen LogP contribution in [0.15, 0.2) is 15.7 Å². The molecule has 16 heavy (non-hydrogen) atoms. The summed E-state index contributed by atoms with van der Waals surface area (Å²) >= 11 is 3.25. The van der Waals surface area contributed by atoms with Gasteiger partial charge in [-0.15, -0.1) is 0 Å². The van der Waals surface area contributed by atoms with Gasteiger partial charge in [-0.05, 0) is 22.0 Å². The number of nitrogens with two attached hydrogens (primary N) is 1. The second-order valence-corrected chi connectivity index (χ2v) is 4.22. The van der Waals surface area contributed by atoms with Gasteiger partial charge in [0.2, 0.25) is 0 Å². The van der Waals surface area contributed by atoms with Crippen molar-refractivity contribution in [3.8, 4) is 11.5 Å². The van der Waals surface area contributed by atoms with Gasteiger partial charge in [0.05, 0.1) is 12.3 Å². The Balaban J connectivity index is 2.67. The Hall–Kier alpha value is -1.27. The number of phenolic OH excluding ortho intramolecular Hbond substituents is 1. The van der Waals surface area contributed by atoms with Crippen LogP contribution >= 0.6 is 15.9 Å². The number of hydrogen-bond donors (Lipinski definition) is 3. The summed E-state index contributed by atoms with van der Waals surface area (Å²) in [7, 11) is 0. The van der Waals surface area contributed by atoms with Crippen molar-refractivity contribution in [2.75, 3.05) is 6.61 Å². The average Bonchev–Trinajstić information content (AvgIpc) is 2.33. The molecule has 6 heteroatoms. The van der Waals surface area contributed by atoms with E-state index in [0.29, 0.717) is 40.1 Å². The molecule has 86 valence electrons. The third-order valence-electron chi connectivity index (χ3n) is 2.51. The van der Waals surface area contributed by atoms with Gasteiger partial charge in [0, 0.05) is 24.1 Å². The number of phenols is 1. The normalized spacial score (nSPS) is 17.0. The Labute approximate surface area is 101 Å². The van der Waals surface area contributed by atoms with Crippen LogP contribution in [0, 0.1) is 0 Å². The topological polar surface area (TPSA) is 88.1 Å². The van der Waals surface area contributed by atoms with E-state index in [1.54, 1.807) is 6.07 Å². The van der Waals surface area contributed by atoms with Gasteiger partial charge in [0.15, 0.2) is 0 Å². The van der Waals surface area contributed by atoms with Gasteiger partial charge >= 0.3 is 0 Å². The van der Waals surface area contributed by atoms with E-state index in [4.69, 9.17) is 15.7 Å². The molecule has 4 N–H and O–H groups in total. The van der Waals surface area contributed by atoms with Gasteiger partial charge in [-0.25, -0.2) is 0 Å². The lowest BCUT2D eigenvalue weighted by Gasteiger charge is -2.21. The molecule has 0 aromatic heterocycles. The fourth-order valence-electron chi connectivity index (χ4n) is 1.67. The van der Waals surface area contributed by atoms with Crippen LogP contribution in [-0.2, 0) is 6.54 Å². The number of benzene rings is 1. The van der Waals surface area contributed by atoms with E-state index in [9.17, 15) is 5.11 Å². The predicted octanol–water partition coefficient (Wildman–Crippen LogP) is 1.57. The molecule has 1 aromatic rings. The van der Waals surface area contributed by atoms with Gasteiger partial charge in [-0.3, -0.25) is 0 Å². The van der Waals surface area contributed by atoms with Crippen LogP contribution in [0.2, 0.25) is 0 Å². The highest BCUT2D eigenvalue weighted by molar-refractivity contribution is 9.10. The van der Waals surface area contributed by atoms with E-state index in [-0.39, 0.29) is 12.3 Å². The number of ether oxygens (including phenoxy) is 1. The molecule has 0 bridgehead atoms. The van der Waals surface area contributed by atoms with Crippen LogP contribution < -0.4 is 10.5 Å². The molecule has 0 aliphatic carbocycles. The molecule has 1 heterocycles. The summed E-state index contributed by atoms with van der Waals surface area (Å²) < 4.78 is 5.88. The number of halogens is 1. The fraction of sp³-hybridized carbons (Fsp3) is 0.300. The number of nitrogens with zero attached hydrogens (tertiary/aromatic N) is 1. The van der Waals surface area contributed by atoms with E-state index >= 15 is 0 Å². The minimum Gasteiger partial charge on any atom is -0.506 e. The second kappa shape index (κ2) is 4.31. The SMILES string of the molecule is NCc1cc2c(c(Br)c1O)OCCC2=NO. The number of aromatic hydroxyl groups is 1. The Bertz CT molecular complexity index is 460. The molecule has 2 rings (SSSR count). The van der Waals surface area contributed by atoms with Crippen molar-refractivity contribution in [1.82, 2.24) is 0 Å². The summed E-state index contributed by atoms with van der Waals surface area (Å²) in [6.07, 6.45) is 0.532. The van der Waals surface area contributed by atoms with Crippen molar-refractivity contribution in [1.29, 1.82) is 0 Å². The lowest BCUT2D eigenvalue weighted by Crippen LogP contribution is -2.17. The van der Waals surface area contributed by atoms with Crippen molar-refractivity contribution in [3.63, 3.8) is 0 Å². The zero-order chi connectivity index (χ0) is 11.7. The van der Waals surface area contributed by atoms with E-state index in [0.717, 1.165) is 0 Å². The van der Waals surface area contributed by atoms with Gasteiger partial charge in [-0.1, -0.05) is 5.16 Å². The fourth-order valence-corrected chi connectivity index (χ4v) is 2.26. The van der Waals surface area contributed by atoms with Crippen LogP contribution in [0.4, 0.5) is 0 Å². The molecule has 0 saturated carbocycles.